The quantitative estimate of drug-likeness (QED) is 0.452. The predicted octanol–water partition coefficient (Wildman–Crippen LogP) is 4.36. The molecule has 0 unspecified atom stereocenters. The smallest absolute Gasteiger partial charge is 0.194 e. The van der Waals surface area contributed by atoms with Gasteiger partial charge in [-0.05, 0) is 70.4 Å². The maximum atomic E-state index is 13.8. The zero-order valence-electron chi connectivity index (χ0n) is 15.3. The van der Waals surface area contributed by atoms with E-state index in [0.717, 1.165) is 28.1 Å². The number of nitrogen functional groups attached to an aromatic ring is 1. The van der Waals surface area contributed by atoms with E-state index in [4.69, 9.17) is 5.73 Å². The van der Waals surface area contributed by atoms with Gasteiger partial charge in [-0.15, -0.1) is 0 Å². The van der Waals surface area contributed by atoms with E-state index in [0.29, 0.717) is 27.6 Å². The van der Waals surface area contributed by atoms with Crippen LogP contribution in [0.4, 0.5) is 10.2 Å². The van der Waals surface area contributed by atoms with E-state index in [9.17, 15) is 9.18 Å². The first-order valence-electron chi connectivity index (χ1n) is 8.94. The molecule has 2 heterocycles. The van der Waals surface area contributed by atoms with Crippen molar-refractivity contribution < 1.29 is 9.18 Å². The summed E-state index contributed by atoms with van der Waals surface area (Å²) in [7, 11) is 0. The van der Waals surface area contributed by atoms with Crippen LogP contribution in [-0.2, 0) is 6.42 Å². The van der Waals surface area contributed by atoms with Crippen molar-refractivity contribution in [3.05, 3.63) is 74.9 Å². The number of hydrogen-bond acceptors (Lipinski definition) is 4. The Balaban J connectivity index is 1.49. The average Bonchev–Trinajstić information content (AvgIpc) is 3.36. The van der Waals surface area contributed by atoms with Gasteiger partial charge in [-0.3, -0.25) is 4.79 Å². The van der Waals surface area contributed by atoms with E-state index in [1.54, 1.807) is 12.1 Å². The lowest BCUT2D eigenvalue weighted by Crippen LogP contribution is -2.08. The zero-order valence-corrected chi connectivity index (χ0v) is 16.9. The highest BCUT2D eigenvalue weighted by Crippen LogP contribution is 2.32. The van der Waals surface area contributed by atoms with E-state index in [2.05, 4.69) is 31.0 Å². The second-order valence-electron chi connectivity index (χ2n) is 7.02. The number of fused-ring (bicyclic) bond motifs is 2. The first-order valence-corrected chi connectivity index (χ1v) is 9.73. The van der Waals surface area contributed by atoms with Crippen LogP contribution in [0, 0.1) is 12.7 Å². The van der Waals surface area contributed by atoms with Crippen molar-refractivity contribution in [3.8, 4) is 5.69 Å². The highest BCUT2D eigenvalue weighted by atomic mass is 79.9. The van der Waals surface area contributed by atoms with Crippen molar-refractivity contribution in [2.75, 3.05) is 5.73 Å². The molecule has 4 aromatic rings. The Hall–Kier alpha value is -3.26. The van der Waals surface area contributed by atoms with Crippen molar-refractivity contribution in [3.63, 3.8) is 0 Å². The van der Waals surface area contributed by atoms with Crippen LogP contribution in [0.2, 0.25) is 0 Å². The molecule has 0 saturated heterocycles. The first kappa shape index (κ1) is 17.8. The lowest BCUT2D eigenvalue weighted by atomic mass is 10.0. The SMILES string of the molecule is Cc1nc2ccc(-n3ncc(C(=O)C4=Cc5cc(F)c(Br)cc5C4)c3N)cc2[nH]1. The molecule has 0 radical (unpaired) electrons. The van der Waals surface area contributed by atoms with E-state index in [1.807, 2.05) is 25.1 Å². The Morgan fingerprint density at radius 2 is 2.14 bits per heavy atom. The summed E-state index contributed by atoms with van der Waals surface area (Å²) in [6.45, 7) is 1.89. The number of anilines is 1. The van der Waals surface area contributed by atoms with Gasteiger partial charge in [0.1, 0.15) is 17.5 Å². The molecule has 2 aromatic carbocycles. The van der Waals surface area contributed by atoms with Crippen LogP contribution < -0.4 is 5.73 Å². The number of halogens is 2. The fourth-order valence-electron chi connectivity index (χ4n) is 3.65. The number of nitrogens with one attached hydrogen (secondary N) is 1. The van der Waals surface area contributed by atoms with Crippen molar-refractivity contribution in [1.29, 1.82) is 0 Å². The summed E-state index contributed by atoms with van der Waals surface area (Å²) in [5.74, 6) is 0.512. The van der Waals surface area contributed by atoms with E-state index < -0.39 is 0 Å². The number of ketones is 1. The third kappa shape index (κ3) is 2.87. The number of aromatic amines is 1. The van der Waals surface area contributed by atoms with Crippen molar-refractivity contribution >= 4 is 44.6 Å². The average molecular weight is 452 g/mol. The third-order valence-corrected chi connectivity index (χ3v) is 5.67. The summed E-state index contributed by atoms with van der Waals surface area (Å²) in [5.41, 5.74) is 11.2. The molecule has 5 rings (SSSR count). The molecule has 0 spiro atoms. The number of nitrogens with zero attached hydrogens (tertiary/aromatic N) is 3. The number of carbonyl (C=O) groups excluding carboxylic acids is 1. The molecule has 8 heteroatoms. The van der Waals surface area contributed by atoms with Crippen LogP contribution in [0.3, 0.4) is 0 Å². The molecule has 0 bridgehead atoms. The number of rotatable bonds is 3. The predicted molar refractivity (Wildman–Crippen MR) is 112 cm³/mol. The minimum Gasteiger partial charge on any atom is -0.383 e. The number of hydrogen-bond donors (Lipinski definition) is 2. The number of carbonyl (C=O) groups is 1. The number of Topliss-reactive ketones (excluding diaryl/α,β-unsaturated/α-hetero) is 1. The monoisotopic (exact) mass is 451 g/mol. The van der Waals surface area contributed by atoms with Crippen LogP contribution in [0.1, 0.15) is 27.3 Å². The molecule has 3 N–H and O–H groups in total. The molecule has 1 aliphatic carbocycles. The minimum atomic E-state index is -0.356. The number of aryl methyl sites for hydroxylation is 1. The summed E-state index contributed by atoms with van der Waals surface area (Å²) in [6, 6.07) is 8.74. The maximum absolute atomic E-state index is 13.8. The van der Waals surface area contributed by atoms with Gasteiger partial charge >= 0.3 is 0 Å². The molecule has 0 atom stereocenters. The summed E-state index contributed by atoms with van der Waals surface area (Å²) >= 11 is 3.19. The van der Waals surface area contributed by atoms with Gasteiger partial charge in [0.25, 0.3) is 0 Å². The summed E-state index contributed by atoms with van der Waals surface area (Å²) in [4.78, 5) is 20.6. The van der Waals surface area contributed by atoms with Crippen molar-refractivity contribution in [2.24, 2.45) is 0 Å². The number of aromatic nitrogens is 4. The third-order valence-electron chi connectivity index (χ3n) is 5.06. The van der Waals surface area contributed by atoms with Crippen LogP contribution >= 0.6 is 15.9 Å². The fraction of sp³-hybridized carbons (Fsp3) is 0.0952. The molecule has 0 saturated carbocycles. The Morgan fingerprint density at radius 1 is 1.31 bits per heavy atom. The molecule has 0 aliphatic heterocycles. The Morgan fingerprint density at radius 3 is 2.97 bits per heavy atom. The van der Waals surface area contributed by atoms with Crippen molar-refractivity contribution in [2.45, 2.75) is 13.3 Å². The molecule has 1 aliphatic rings. The molecule has 0 amide bonds. The van der Waals surface area contributed by atoms with Crippen LogP contribution in [0.25, 0.3) is 22.8 Å². The highest BCUT2D eigenvalue weighted by Gasteiger charge is 2.25. The summed E-state index contributed by atoms with van der Waals surface area (Å²) < 4.78 is 15.7. The van der Waals surface area contributed by atoms with Crippen LogP contribution in [0.15, 0.2) is 46.6 Å². The Bertz CT molecular complexity index is 1350. The van der Waals surface area contributed by atoms with Crippen LogP contribution in [-0.4, -0.2) is 25.5 Å². The molecular weight excluding hydrogens is 437 g/mol. The highest BCUT2D eigenvalue weighted by molar-refractivity contribution is 9.10. The number of imidazole rings is 1. The first-order chi connectivity index (χ1) is 13.9. The molecule has 2 aromatic heterocycles. The maximum Gasteiger partial charge on any atom is 0.194 e. The second kappa shape index (κ2) is 6.38. The van der Waals surface area contributed by atoms with Gasteiger partial charge in [0.15, 0.2) is 5.78 Å². The van der Waals surface area contributed by atoms with Gasteiger partial charge in [0.2, 0.25) is 0 Å². The Kier molecular flexibility index (Phi) is 3.92. The molecule has 29 heavy (non-hydrogen) atoms. The van der Waals surface area contributed by atoms with E-state index in [1.165, 1.54) is 16.9 Å². The number of allylic oxidation sites excluding steroid dienone is 1. The van der Waals surface area contributed by atoms with Crippen LogP contribution in [0.5, 0.6) is 0 Å². The van der Waals surface area contributed by atoms with Gasteiger partial charge in [-0.2, -0.15) is 5.10 Å². The molecule has 0 fully saturated rings. The van der Waals surface area contributed by atoms with E-state index in [-0.39, 0.29) is 17.4 Å². The van der Waals surface area contributed by atoms with E-state index >= 15 is 0 Å². The minimum absolute atomic E-state index is 0.208. The normalized spacial score (nSPS) is 13.0. The number of H-pyrrole nitrogens is 1. The largest absolute Gasteiger partial charge is 0.383 e. The number of nitrogens with two attached hydrogens (primary N) is 1. The lowest BCUT2D eigenvalue weighted by molar-refractivity contribution is 0.103. The molecule has 144 valence electrons. The topological polar surface area (TPSA) is 89.6 Å². The zero-order chi connectivity index (χ0) is 20.3. The molecular formula is C21H15BrFN5O. The van der Waals surface area contributed by atoms with Gasteiger partial charge in [-0.1, -0.05) is 0 Å². The summed E-state index contributed by atoms with van der Waals surface area (Å²) in [5, 5.41) is 4.31. The fourth-order valence-corrected chi connectivity index (χ4v) is 4.04. The van der Waals surface area contributed by atoms with Crippen molar-refractivity contribution in [1.82, 2.24) is 19.7 Å². The lowest BCUT2D eigenvalue weighted by Gasteiger charge is -2.06. The second-order valence-corrected chi connectivity index (χ2v) is 7.87. The standard InChI is InChI=1S/C21H15BrFN5O/c1-10-26-18-3-2-14(8-19(18)27-10)28-21(24)15(9-25-28)20(29)13-4-11-6-16(22)17(23)7-12(11)5-13/h2-3,5-9H,4,24H2,1H3,(H,26,27). The van der Waals surface area contributed by atoms with Gasteiger partial charge < -0.3 is 10.7 Å². The van der Waals surface area contributed by atoms with Gasteiger partial charge in [0, 0.05) is 12.0 Å². The number of benzene rings is 2. The Labute approximate surface area is 173 Å². The van der Waals surface area contributed by atoms with Gasteiger partial charge in [-0.25, -0.2) is 14.1 Å². The van der Waals surface area contributed by atoms with Gasteiger partial charge in [0.05, 0.1) is 33.0 Å². The molecule has 6 nitrogen and oxygen atoms in total. The summed E-state index contributed by atoms with van der Waals surface area (Å²) in [6.07, 6.45) is 3.61.